The molecule has 2 heterocycles. The Morgan fingerprint density at radius 2 is 0.836 bits per heavy atom. The van der Waals surface area contributed by atoms with Gasteiger partial charge in [0.25, 0.3) is 0 Å². The van der Waals surface area contributed by atoms with Crippen LogP contribution in [0, 0.1) is 34.0 Å². The fourth-order valence-corrected chi connectivity index (χ4v) is 8.15. The topological polar surface area (TPSA) is 115 Å². The largest absolute Gasteiger partial charge is 0.308 e. The molecule has 0 unspecified atom stereocenters. The van der Waals surface area contributed by atoms with Crippen molar-refractivity contribution in [2.45, 2.75) is 0 Å². The molecule has 0 radical (unpaired) electrons. The lowest BCUT2D eigenvalue weighted by atomic mass is 9.89. The summed E-state index contributed by atoms with van der Waals surface area (Å²) in [6.45, 7) is 0. The van der Waals surface area contributed by atoms with Crippen molar-refractivity contribution < 1.29 is 0 Å². The van der Waals surface area contributed by atoms with Gasteiger partial charge in [-0.25, -0.2) is 15.0 Å². The number of fused-ring (bicyclic) bond motifs is 3. The van der Waals surface area contributed by atoms with Crippen molar-refractivity contribution in [1.29, 1.82) is 15.8 Å². The van der Waals surface area contributed by atoms with Crippen LogP contribution in [0.1, 0.15) is 16.7 Å². The molecule has 0 saturated carbocycles. The highest BCUT2D eigenvalue weighted by Crippen LogP contribution is 2.45. The van der Waals surface area contributed by atoms with Crippen LogP contribution in [-0.4, -0.2) is 19.5 Å². The van der Waals surface area contributed by atoms with E-state index >= 15 is 0 Å². The van der Waals surface area contributed by atoms with E-state index in [1.165, 1.54) is 0 Å². The van der Waals surface area contributed by atoms with Gasteiger partial charge in [-0.1, -0.05) is 133 Å². The van der Waals surface area contributed by atoms with E-state index in [1.807, 2.05) is 140 Å². The molecule has 10 rings (SSSR count). The number of para-hydroxylation sites is 1. The van der Waals surface area contributed by atoms with Crippen LogP contribution < -0.4 is 0 Å². The summed E-state index contributed by atoms with van der Waals surface area (Å²) < 4.78 is 2.25. The lowest BCUT2D eigenvalue weighted by Gasteiger charge is -2.22. The Morgan fingerprint density at radius 3 is 1.43 bits per heavy atom. The summed E-state index contributed by atoms with van der Waals surface area (Å²) >= 11 is 0. The van der Waals surface area contributed by atoms with Gasteiger partial charge >= 0.3 is 0 Å². The molecule has 7 heteroatoms. The molecule has 0 N–H and O–H groups in total. The molecule has 0 aliphatic rings. The second-order valence-corrected chi connectivity index (χ2v) is 14.6. The Labute approximate surface area is 352 Å². The molecule has 0 aliphatic heterocycles. The molecule has 0 spiro atoms. The summed E-state index contributed by atoms with van der Waals surface area (Å²) in [7, 11) is 0. The van der Waals surface area contributed by atoms with Gasteiger partial charge in [0.05, 0.1) is 51.6 Å². The molecule has 61 heavy (non-hydrogen) atoms. The highest BCUT2D eigenvalue weighted by molar-refractivity contribution is 6.12. The molecule has 0 amide bonds. The molecule has 0 aliphatic carbocycles. The third kappa shape index (κ3) is 6.54. The number of hydrogen-bond acceptors (Lipinski definition) is 6. The van der Waals surface area contributed by atoms with Crippen molar-refractivity contribution in [2.75, 3.05) is 0 Å². The smallest absolute Gasteiger partial charge is 0.164 e. The van der Waals surface area contributed by atoms with E-state index in [-0.39, 0.29) is 0 Å². The van der Waals surface area contributed by atoms with Gasteiger partial charge in [0.2, 0.25) is 0 Å². The zero-order valence-corrected chi connectivity index (χ0v) is 32.5. The van der Waals surface area contributed by atoms with Gasteiger partial charge in [0, 0.05) is 49.7 Å². The average molecular weight is 778 g/mol. The van der Waals surface area contributed by atoms with Crippen LogP contribution in [0.5, 0.6) is 0 Å². The van der Waals surface area contributed by atoms with Crippen LogP contribution in [0.4, 0.5) is 0 Å². The van der Waals surface area contributed by atoms with Gasteiger partial charge in [0.1, 0.15) is 0 Å². The number of aromatic nitrogens is 4. The van der Waals surface area contributed by atoms with Crippen molar-refractivity contribution in [1.82, 2.24) is 19.5 Å². The quantitative estimate of drug-likeness (QED) is 0.159. The summed E-state index contributed by atoms with van der Waals surface area (Å²) in [5.74, 6) is 1.48. The Hall–Kier alpha value is -8.96. The fraction of sp³-hybridized carbons (Fsp3) is 0. The molecule has 7 nitrogen and oxygen atoms in total. The van der Waals surface area contributed by atoms with Gasteiger partial charge in [-0.2, -0.15) is 15.8 Å². The van der Waals surface area contributed by atoms with Crippen molar-refractivity contribution in [3.05, 3.63) is 205 Å². The van der Waals surface area contributed by atoms with E-state index in [2.05, 4.69) is 65.2 Å². The summed E-state index contributed by atoms with van der Waals surface area (Å²) in [4.78, 5) is 15.2. The van der Waals surface area contributed by atoms with E-state index in [1.54, 1.807) is 6.07 Å². The minimum Gasteiger partial charge on any atom is -0.308 e. The zero-order chi connectivity index (χ0) is 41.3. The number of nitrogens with zero attached hydrogens (tertiary/aromatic N) is 7. The first-order chi connectivity index (χ1) is 30.1. The molecule has 0 fully saturated rings. The lowest BCUT2D eigenvalue weighted by molar-refractivity contribution is 1.07. The Bertz CT molecular complexity index is 3320. The molecular formula is C54H31N7. The molecule has 2 aromatic heterocycles. The van der Waals surface area contributed by atoms with Gasteiger partial charge in [-0.3, -0.25) is 0 Å². The predicted molar refractivity (Wildman–Crippen MR) is 241 cm³/mol. The van der Waals surface area contributed by atoms with Crippen molar-refractivity contribution >= 4 is 21.8 Å². The number of benzene rings is 8. The lowest BCUT2D eigenvalue weighted by Crippen LogP contribution is -2.05. The average Bonchev–Trinajstić information content (AvgIpc) is 3.67. The first kappa shape index (κ1) is 36.4. The maximum absolute atomic E-state index is 10.6. The Morgan fingerprint density at radius 1 is 0.344 bits per heavy atom. The number of hydrogen-bond donors (Lipinski definition) is 0. The summed E-state index contributed by atoms with van der Waals surface area (Å²) in [6.07, 6.45) is 0. The first-order valence-electron chi connectivity index (χ1n) is 19.7. The highest BCUT2D eigenvalue weighted by Gasteiger charge is 2.25. The molecule has 282 valence electrons. The third-order valence-corrected chi connectivity index (χ3v) is 11.0. The Balaban J connectivity index is 1.34. The van der Waals surface area contributed by atoms with Gasteiger partial charge < -0.3 is 4.57 Å². The van der Waals surface area contributed by atoms with Crippen LogP contribution in [0.3, 0.4) is 0 Å². The van der Waals surface area contributed by atoms with Crippen LogP contribution in [0.2, 0.25) is 0 Å². The maximum Gasteiger partial charge on any atom is 0.164 e. The van der Waals surface area contributed by atoms with Crippen molar-refractivity contribution in [3.63, 3.8) is 0 Å². The van der Waals surface area contributed by atoms with Crippen molar-refractivity contribution in [2.24, 2.45) is 0 Å². The van der Waals surface area contributed by atoms with Gasteiger partial charge in [0.15, 0.2) is 17.5 Å². The molecule has 8 aromatic carbocycles. The standard InChI is InChI=1S/C54H31N7/c55-32-35-14-13-21-38(28-35)39-26-27-50-46(29-39)45-24-11-12-25-49(45)61(50)51-47(43-22-9-7-19-40(43)33-56)30-42(31-48(51)44-23-10-8-20-41(44)34-57)54-59-52(36-15-3-1-4-16-36)58-53(60-54)37-17-5-2-6-18-37/h1-31H. The van der Waals surface area contributed by atoms with Crippen LogP contribution in [0.25, 0.3) is 95.0 Å². The minimum absolute atomic E-state index is 0.442. The van der Waals surface area contributed by atoms with Crippen molar-refractivity contribution in [3.8, 4) is 91.4 Å². The van der Waals surface area contributed by atoms with Crippen LogP contribution in [-0.2, 0) is 0 Å². The molecule has 0 saturated heterocycles. The molecule has 0 atom stereocenters. The minimum atomic E-state index is 0.442. The second-order valence-electron chi connectivity index (χ2n) is 14.6. The zero-order valence-electron chi connectivity index (χ0n) is 32.5. The van der Waals surface area contributed by atoms with Gasteiger partial charge in [-0.15, -0.1) is 0 Å². The maximum atomic E-state index is 10.6. The van der Waals surface area contributed by atoms with E-state index in [9.17, 15) is 15.8 Å². The summed E-state index contributed by atoms with van der Waals surface area (Å²) in [6, 6.07) is 68.4. The van der Waals surface area contributed by atoms with E-state index < -0.39 is 0 Å². The molecule has 10 aromatic rings. The van der Waals surface area contributed by atoms with Gasteiger partial charge in [-0.05, 0) is 65.7 Å². The first-order valence-corrected chi connectivity index (χ1v) is 19.7. The normalized spacial score (nSPS) is 10.9. The predicted octanol–water partition coefficient (Wildman–Crippen LogP) is 12.6. The van der Waals surface area contributed by atoms with E-state index in [0.717, 1.165) is 60.9 Å². The summed E-state index contributed by atoms with van der Waals surface area (Å²) in [5, 5.41) is 33.0. The molecular weight excluding hydrogens is 747 g/mol. The van der Waals surface area contributed by atoms with Crippen LogP contribution in [0.15, 0.2) is 188 Å². The third-order valence-electron chi connectivity index (χ3n) is 11.0. The van der Waals surface area contributed by atoms with E-state index in [4.69, 9.17) is 15.0 Å². The van der Waals surface area contributed by atoms with Crippen LogP contribution >= 0.6 is 0 Å². The number of nitriles is 3. The monoisotopic (exact) mass is 777 g/mol. The second kappa shape index (κ2) is 15.4. The SMILES string of the molecule is N#Cc1cccc(-c2ccc3c(c2)c2ccccc2n3-c2c(-c3ccccc3C#N)cc(-c3nc(-c4ccccc4)nc(-c4ccccc4)n3)cc2-c2ccccc2C#N)c1. The summed E-state index contributed by atoms with van der Waals surface area (Å²) in [5.41, 5.74) is 11.5. The Kier molecular flexibility index (Phi) is 9.20. The highest BCUT2D eigenvalue weighted by atomic mass is 15.0. The molecule has 0 bridgehead atoms. The fourth-order valence-electron chi connectivity index (χ4n) is 8.15. The number of rotatable bonds is 7. The van der Waals surface area contributed by atoms with E-state index in [0.29, 0.717) is 50.9 Å².